The molecular weight excluding hydrogens is 382 g/mol. The number of benzene rings is 3. The van der Waals surface area contributed by atoms with Crippen LogP contribution in [0.2, 0.25) is 0 Å². The molecule has 0 fully saturated rings. The second kappa shape index (κ2) is 10.9. The number of hydrogen-bond acceptors (Lipinski definition) is 5. The van der Waals surface area contributed by atoms with Crippen LogP contribution in [-0.2, 0) is 18.0 Å². The summed E-state index contributed by atoms with van der Waals surface area (Å²) >= 11 is 0. The molecule has 2 N–H and O–H groups in total. The van der Waals surface area contributed by atoms with Crippen molar-refractivity contribution in [2.45, 2.75) is 19.3 Å². The van der Waals surface area contributed by atoms with Gasteiger partial charge < -0.3 is 24.6 Å². The van der Waals surface area contributed by atoms with Gasteiger partial charge in [-0.2, -0.15) is 0 Å². The Morgan fingerprint density at radius 3 is 2.20 bits per heavy atom. The lowest BCUT2D eigenvalue weighted by Crippen LogP contribution is -2.29. The second-order valence-corrected chi connectivity index (χ2v) is 6.64. The molecule has 3 aromatic carbocycles. The van der Waals surface area contributed by atoms with Crippen LogP contribution in [0.25, 0.3) is 0 Å². The number of nitrogens with one attached hydrogen (secondary N) is 1. The van der Waals surface area contributed by atoms with Gasteiger partial charge in [0.25, 0.3) is 0 Å². The summed E-state index contributed by atoms with van der Waals surface area (Å²) in [7, 11) is 1.52. The van der Waals surface area contributed by atoms with E-state index in [0.29, 0.717) is 23.7 Å². The summed E-state index contributed by atoms with van der Waals surface area (Å²) in [6, 6.07) is 24.4. The monoisotopic (exact) mass is 407 g/mol. The molecule has 1 amide bonds. The number of rotatable bonds is 9. The predicted octanol–water partition coefficient (Wildman–Crippen LogP) is 4.23. The Kier molecular flexibility index (Phi) is 7.69. The molecule has 1 unspecified atom stereocenters. The van der Waals surface area contributed by atoms with Gasteiger partial charge in [0.1, 0.15) is 24.7 Å². The molecule has 3 aromatic rings. The zero-order valence-electron chi connectivity index (χ0n) is 16.8. The van der Waals surface area contributed by atoms with E-state index in [1.165, 1.54) is 7.11 Å². The molecule has 6 nitrogen and oxygen atoms in total. The predicted molar refractivity (Wildman–Crippen MR) is 113 cm³/mol. The van der Waals surface area contributed by atoms with Crippen LogP contribution in [0.3, 0.4) is 0 Å². The van der Waals surface area contributed by atoms with E-state index >= 15 is 0 Å². The Balaban J connectivity index is 1.51. The quantitative estimate of drug-likeness (QED) is 0.555. The normalized spacial score (nSPS) is 11.4. The Morgan fingerprint density at radius 2 is 1.57 bits per heavy atom. The van der Waals surface area contributed by atoms with Gasteiger partial charge in [0.15, 0.2) is 0 Å². The molecule has 6 heteroatoms. The summed E-state index contributed by atoms with van der Waals surface area (Å²) in [5.74, 6) is 1.11. The molecule has 0 saturated heterocycles. The van der Waals surface area contributed by atoms with Gasteiger partial charge in [-0.05, 0) is 23.3 Å². The number of aliphatic hydroxyl groups excluding tert-OH is 1. The SMILES string of the molecule is COc1cc(OCc2ccccc2)ccc1C(O)CNC(=O)OCc1ccccc1. The summed E-state index contributed by atoms with van der Waals surface area (Å²) in [5.41, 5.74) is 2.49. The molecule has 0 saturated carbocycles. The van der Waals surface area contributed by atoms with E-state index in [1.54, 1.807) is 18.2 Å². The summed E-state index contributed by atoms with van der Waals surface area (Å²) in [6.45, 7) is 0.592. The number of methoxy groups -OCH3 is 1. The van der Waals surface area contributed by atoms with E-state index in [0.717, 1.165) is 11.1 Å². The fraction of sp³-hybridized carbons (Fsp3) is 0.208. The topological polar surface area (TPSA) is 77.0 Å². The van der Waals surface area contributed by atoms with Crippen molar-refractivity contribution in [2.75, 3.05) is 13.7 Å². The first kappa shape index (κ1) is 21.2. The van der Waals surface area contributed by atoms with E-state index in [4.69, 9.17) is 14.2 Å². The van der Waals surface area contributed by atoms with Crippen molar-refractivity contribution < 1.29 is 24.1 Å². The first-order valence-electron chi connectivity index (χ1n) is 9.63. The van der Waals surface area contributed by atoms with E-state index in [1.807, 2.05) is 60.7 Å². The third-order valence-electron chi connectivity index (χ3n) is 4.46. The number of alkyl carbamates (subject to hydrolysis) is 1. The van der Waals surface area contributed by atoms with E-state index in [-0.39, 0.29) is 13.2 Å². The van der Waals surface area contributed by atoms with Crippen LogP contribution >= 0.6 is 0 Å². The van der Waals surface area contributed by atoms with Crippen LogP contribution < -0.4 is 14.8 Å². The van der Waals surface area contributed by atoms with E-state index in [2.05, 4.69) is 5.32 Å². The second-order valence-electron chi connectivity index (χ2n) is 6.64. The lowest BCUT2D eigenvalue weighted by atomic mass is 10.1. The molecule has 0 bridgehead atoms. The number of amides is 1. The van der Waals surface area contributed by atoms with Crippen molar-refractivity contribution in [1.82, 2.24) is 5.32 Å². The van der Waals surface area contributed by atoms with Crippen LogP contribution in [0.5, 0.6) is 11.5 Å². The molecule has 0 aromatic heterocycles. The summed E-state index contributed by atoms with van der Waals surface area (Å²) < 4.78 is 16.3. The average molecular weight is 407 g/mol. The number of hydrogen-bond donors (Lipinski definition) is 2. The standard InChI is InChI=1S/C24H25NO5/c1-28-23-14-20(29-16-18-8-4-2-5-9-18)12-13-21(23)22(26)15-25-24(27)30-17-19-10-6-3-7-11-19/h2-14,22,26H,15-17H2,1H3,(H,25,27). The van der Waals surface area contributed by atoms with Crippen molar-refractivity contribution in [1.29, 1.82) is 0 Å². The zero-order valence-corrected chi connectivity index (χ0v) is 16.8. The van der Waals surface area contributed by atoms with Gasteiger partial charge >= 0.3 is 6.09 Å². The first-order valence-corrected chi connectivity index (χ1v) is 9.63. The van der Waals surface area contributed by atoms with Crippen LogP contribution in [0, 0.1) is 0 Å². The van der Waals surface area contributed by atoms with Gasteiger partial charge in [0.2, 0.25) is 0 Å². The van der Waals surface area contributed by atoms with Crippen LogP contribution in [-0.4, -0.2) is 24.9 Å². The van der Waals surface area contributed by atoms with Gasteiger partial charge in [-0.15, -0.1) is 0 Å². The van der Waals surface area contributed by atoms with Gasteiger partial charge in [0.05, 0.1) is 19.8 Å². The third-order valence-corrected chi connectivity index (χ3v) is 4.46. The third kappa shape index (κ3) is 6.25. The molecule has 0 aliphatic heterocycles. The minimum atomic E-state index is -0.951. The van der Waals surface area contributed by atoms with Crippen molar-refractivity contribution >= 4 is 6.09 Å². The summed E-state index contributed by atoms with van der Waals surface area (Å²) in [4.78, 5) is 11.9. The maximum Gasteiger partial charge on any atom is 0.407 e. The van der Waals surface area contributed by atoms with E-state index < -0.39 is 12.2 Å². The molecule has 156 valence electrons. The van der Waals surface area contributed by atoms with E-state index in [9.17, 15) is 9.90 Å². The van der Waals surface area contributed by atoms with Crippen molar-refractivity contribution in [3.8, 4) is 11.5 Å². The average Bonchev–Trinajstić information content (AvgIpc) is 2.81. The van der Waals surface area contributed by atoms with Crippen molar-refractivity contribution in [3.63, 3.8) is 0 Å². The van der Waals surface area contributed by atoms with Crippen LogP contribution in [0.1, 0.15) is 22.8 Å². The molecule has 3 rings (SSSR count). The summed E-state index contributed by atoms with van der Waals surface area (Å²) in [6.07, 6.45) is -1.55. The van der Waals surface area contributed by atoms with Gasteiger partial charge in [-0.25, -0.2) is 4.79 Å². The smallest absolute Gasteiger partial charge is 0.407 e. The minimum absolute atomic E-state index is 0.00575. The fourth-order valence-corrected chi connectivity index (χ4v) is 2.86. The van der Waals surface area contributed by atoms with Crippen LogP contribution in [0.4, 0.5) is 4.79 Å². The molecule has 0 aliphatic carbocycles. The Bertz CT molecular complexity index is 931. The molecule has 1 atom stereocenters. The fourth-order valence-electron chi connectivity index (χ4n) is 2.86. The largest absolute Gasteiger partial charge is 0.496 e. The summed E-state index contributed by atoms with van der Waals surface area (Å²) in [5, 5.41) is 13.0. The molecule has 0 spiro atoms. The number of carbonyl (C=O) groups is 1. The Hall–Kier alpha value is -3.51. The van der Waals surface area contributed by atoms with Crippen molar-refractivity contribution in [3.05, 3.63) is 95.6 Å². The molecule has 0 aliphatic rings. The number of aliphatic hydroxyl groups is 1. The number of carbonyl (C=O) groups excluding carboxylic acids is 1. The highest BCUT2D eigenvalue weighted by atomic mass is 16.5. The highest BCUT2D eigenvalue weighted by molar-refractivity contribution is 5.67. The maximum absolute atomic E-state index is 11.9. The molecule has 0 radical (unpaired) electrons. The molecule has 0 heterocycles. The van der Waals surface area contributed by atoms with Gasteiger partial charge in [-0.3, -0.25) is 0 Å². The molecule has 30 heavy (non-hydrogen) atoms. The van der Waals surface area contributed by atoms with Gasteiger partial charge in [0, 0.05) is 11.6 Å². The lowest BCUT2D eigenvalue weighted by Gasteiger charge is -2.17. The minimum Gasteiger partial charge on any atom is -0.496 e. The first-order chi connectivity index (χ1) is 14.7. The highest BCUT2D eigenvalue weighted by Gasteiger charge is 2.16. The zero-order chi connectivity index (χ0) is 21.2. The Morgan fingerprint density at radius 1 is 0.933 bits per heavy atom. The number of ether oxygens (including phenoxy) is 3. The van der Waals surface area contributed by atoms with Crippen molar-refractivity contribution in [2.24, 2.45) is 0 Å². The maximum atomic E-state index is 11.9. The lowest BCUT2D eigenvalue weighted by molar-refractivity contribution is 0.125. The van der Waals surface area contributed by atoms with Crippen LogP contribution in [0.15, 0.2) is 78.9 Å². The Labute approximate surface area is 176 Å². The molecular formula is C24H25NO5. The van der Waals surface area contributed by atoms with Gasteiger partial charge in [-0.1, -0.05) is 60.7 Å². The highest BCUT2D eigenvalue weighted by Crippen LogP contribution is 2.29.